The molecule has 0 heterocycles. The van der Waals surface area contributed by atoms with E-state index in [-0.39, 0.29) is 5.82 Å². The van der Waals surface area contributed by atoms with Gasteiger partial charge in [0.25, 0.3) is 0 Å². The quantitative estimate of drug-likeness (QED) is 0.814. The highest BCUT2D eigenvalue weighted by molar-refractivity contribution is 5.25. The van der Waals surface area contributed by atoms with Crippen molar-refractivity contribution in [2.75, 3.05) is 20.1 Å². The van der Waals surface area contributed by atoms with Gasteiger partial charge in [-0.15, -0.1) is 0 Å². The maximum Gasteiger partial charge on any atom is 0.127 e. The van der Waals surface area contributed by atoms with Crippen molar-refractivity contribution in [1.82, 2.24) is 10.2 Å². The average molecular weight is 264 g/mol. The van der Waals surface area contributed by atoms with Gasteiger partial charge in [0.15, 0.2) is 0 Å². The summed E-state index contributed by atoms with van der Waals surface area (Å²) in [4.78, 5) is 2.37. The second kappa shape index (κ2) is 7.01. The van der Waals surface area contributed by atoms with E-state index in [1.807, 2.05) is 19.2 Å². The van der Waals surface area contributed by atoms with Crippen molar-refractivity contribution in [3.8, 4) is 0 Å². The molecule has 1 aromatic carbocycles. The van der Waals surface area contributed by atoms with E-state index in [0.29, 0.717) is 0 Å². The van der Waals surface area contributed by atoms with Crippen molar-refractivity contribution in [2.24, 2.45) is 5.92 Å². The van der Waals surface area contributed by atoms with Crippen molar-refractivity contribution in [1.29, 1.82) is 0 Å². The van der Waals surface area contributed by atoms with Gasteiger partial charge in [0.1, 0.15) is 5.82 Å². The molecular formula is C16H25FN2. The first-order chi connectivity index (χ1) is 9.22. The molecule has 1 aromatic rings. The lowest BCUT2D eigenvalue weighted by Crippen LogP contribution is -2.32. The summed E-state index contributed by atoms with van der Waals surface area (Å²) in [6.45, 7) is 5.80. The lowest BCUT2D eigenvalue weighted by Gasteiger charge is -2.31. The van der Waals surface area contributed by atoms with E-state index in [9.17, 15) is 4.39 Å². The molecule has 1 aliphatic rings. The maximum atomic E-state index is 13.9. The van der Waals surface area contributed by atoms with Crippen LogP contribution in [-0.2, 0) is 13.1 Å². The van der Waals surface area contributed by atoms with E-state index in [4.69, 9.17) is 0 Å². The summed E-state index contributed by atoms with van der Waals surface area (Å²) in [5, 5.41) is 3.11. The first-order valence-corrected chi connectivity index (χ1v) is 7.37. The Hall–Kier alpha value is -0.930. The minimum atomic E-state index is -0.0769. The summed E-state index contributed by atoms with van der Waals surface area (Å²) < 4.78 is 13.9. The van der Waals surface area contributed by atoms with Crippen molar-refractivity contribution in [2.45, 2.75) is 39.3 Å². The van der Waals surface area contributed by atoms with Crippen molar-refractivity contribution in [3.63, 3.8) is 0 Å². The highest BCUT2D eigenvalue weighted by Gasteiger charge is 2.20. The van der Waals surface area contributed by atoms with Gasteiger partial charge in [0, 0.05) is 25.2 Å². The van der Waals surface area contributed by atoms with Gasteiger partial charge in [0.2, 0.25) is 0 Å². The standard InChI is InChI=1S/C16H25FN2/c1-3-19(11-13-5-4-6-13)12-15-9-14(10-18-2)7-8-16(15)17/h7-9,13,18H,3-6,10-12H2,1-2H3. The van der Waals surface area contributed by atoms with E-state index in [1.54, 1.807) is 6.07 Å². The molecule has 1 fully saturated rings. The van der Waals surface area contributed by atoms with Gasteiger partial charge in [-0.2, -0.15) is 0 Å². The van der Waals surface area contributed by atoms with Crippen LogP contribution >= 0.6 is 0 Å². The minimum absolute atomic E-state index is 0.0769. The fourth-order valence-corrected chi connectivity index (χ4v) is 2.65. The molecule has 3 heteroatoms. The molecule has 0 aliphatic heterocycles. The highest BCUT2D eigenvalue weighted by atomic mass is 19.1. The molecule has 0 saturated heterocycles. The second-order valence-corrected chi connectivity index (χ2v) is 5.58. The van der Waals surface area contributed by atoms with Crippen LogP contribution < -0.4 is 5.32 Å². The summed E-state index contributed by atoms with van der Waals surface area (Å²) in [6, 6.07) is 5.45. The predicted molar refractivity (Wildman–Crippen MR) is 77.5 cm³/mol. The number of nitrogens with one attached hydrogen (secondary N) is 1. The Labute approximate surface area is 116 Å². The third kappa shape index (κ3) is 4.02. The third-order valence-corrected chi connectivity index (χ3v) is 4.07. The van der Waals surface area contributed by atoms with Gasteiger partial charge < -0.3 is 5.32 Å². The number of benzene rings is 1. The number of nitrogens with zero attached hydrogens (tertiary/aromatic N) is 1. The molecule has 2 nitrogen and oxygen atoms in total. The van der Waals surface area contributed by atoms with Crippen LogP contribution in [0, 0.1) is 11.7 Å². The molecule has 0 atom stereocenters. The zero-order valence-electron chi connectivity index (χ0n) is 12.1. The first-order valence-electron chi connectivity index (χ1n) is 7.37. The minimum Gasteiger partial charge on any atom is -0.316 e. The molecule has 1 N–H and O–H groups in total. The van der Waals surface area contributed by atoms with Gasteiger partial charge in [-0.1, -0.05) is 25.5 Å². The van der Waals surface area contributed by atoms with Gasteiger partial charge in [0.05, 0.1) is 0 Å². The van der Waals surface area contributed by atoms with Crippen LogP contribution in [0.4, 0.5) is 4.39 Å². The first kappa shape index (κ1) is 14.5. The fraction of sp³-hybridized carbons (Fsp3) is 0.625. The molecule has 0 unspecified atom stereocenters. The van der Waals surface area contributed by atoms with Crippen LogP contribution in [0.15, 0.2) is 18.2 Å². The Morgan fingerprint density at radius 2 is 2.16 bits per heavy atom. The zero-order chi connectivity index (χ0) is 13.7. The number of hydrogen-bond donors (Lipinski definition) is 1. The van der Waals surface area contributed by atoms with E-state index in [2.05, 4.69) is 17.1 Å². The van der Waals surface area contributed by atoms with Crippen molar-refractivity contribution >= 4 is 0 Å². The smallest absolute Gasteiger partial charge is 0.127 e. The molecule has 0 radical (unpaired) electrons. The maximum absolute atomic E-state index is 13.9. The lowest BCUT2D eigenvalue weighted by atomic mass is 9.85. The molecule has 0 amide bonds. The van der Waals surface area contributed by atoms with Crippen molar-refractivity contribution in [3.05, 3.63) is 35.1 Å². The molecular weight excluding hydrogens is 239 g/mol. The lowest BCUT2D eigenvalue weighted by molar-refractivity contribution is 0.176. The highest BCUT2D eigenvalue weighted by Crippen LogP contribution is 2.27. The summed E-state index contributed by atoms with van der Waals surface area (Å²) >= 11 is 0. The Bertz CT molecular complexity index is 402. The Balaban J connectivity index is 2.00. The SMILES string of the molecule is CCN(Cc1cc(CNC)ccc1F)CC1CCC1. The van der Waals surface area contributed by atoms with Gasteiger partial charge in [-0.25, -0.2) is 4.39 Å². The van der Waals surface area contributed by atoms with Crippen LogP contribution in [0.5, 0.6) is 0 Å². The Morgan fingerprint density at radius 1 is 1.37 bits per heavy atom. The van der Waals surface area contributed by atoms with Crippen LogP contribution in [0.1, 0.15) is 37.3 Å². The average Bonchev–Trinajstić information content (AvgIpc) is 2.36. The van der Waals surface area contributed by atoms with Crippen molar-refractivity contribution < 1.29 is 4.39 Å². The number of rotatable bonds is 7. The molecule has 0 aromatic heterocycles. The fourth-order valence-electron chi connectivity index (χ4n) is 2.65. The van der Waals surface area contributed by atoms with E-state index in [1.165, 1.54) is 19.3 Å². The normalized spacial score (nSPS) is 15.8. The molecule has 0 spiro atoms. The molecule has 0 bridgehead atoms. The number of halogens is 1. The van der Waals surface area contributed by atoms with Crippen LogP contribution in [0.2, 0.25) is 0 Å². The van der Waals surface area contributed by atoms with E-state index < -0.39 is 0 Å². The predicted octanol–water partition coefficient (Wildman–Crippen LogP) is 3.17. The molecule has 1 aliphatic carbocycles. The third-order valence-electron chi connectivity index (χ3n) is 4.07. The Kier molecular flexibility index (Phi) is 5.34. The van der Waals surface area contributed by atoms with Crippen LogP contribution in [-0.4, -0.2) is 25.0 Å². The molecule has 2 rings (SSSR count). The summed E-state index contributed by atoms with van der Waals surface area (Å²) in [5.41, 5.74) is 1.98. The van der Waals surface area contributed by atoms with Gasteiger partial charge >= 0.3 is 0 Å². The molecule has 106 valence electrons. The van der Waals surface area contributed by atoms with Crippen LogP contribution in [0.3, 0.4) is 0 Å². The molecule has 19 heavy (non-hydrogen) atoms. The largest absolute Gasteiger partial charge is 0.316 e. The summed E-state index contributed by atoms with van der Waals surface area (Å²) in [5.74, 6) is 0.760. The summed E-state index contributed by atoms with van der Waals surface area (Å²) in [7, 11) is 1.91. The van der Waals surface area contributed by atoms with Gasteiger partial charge in [-0.05, 0) is 44.0 Å². The summed E-state index contributed by atoms with van der Waals surface area (Å²) in [6.07, 6.45) is 4.06. The topological polar surface area (TPSA) is 15.3 Å². The van der Waals surface area contributed by atoms with E-state index in [0.717, 1.165) is 43.2 Å². The van der Waals surface area contributed by atoms with Gasteiger partial charge in [-0.3, -0.25) is 4.90 Å². The molecule has 1 saturated carbocycles. The van der Waals surface area contributed by atoms with Crippen LogP contribution in [0.25, 0.3) is 0 Å². The zero-order valence-corrected chi connectivity index (χ0v) is 12.1. The monoisotopic (exact) mass is 264 g/mol. The van der Waals surface area contributed by atoms with E-state index >= 15 is 0 Å². The second-order valence-electron chi connectivity index (χ2n) is 5.58. The Morgan fingerprint density at radius 3 is 2.74 bits per heavy atom. The number of hydrogen-bond acceptors (Lipinski definition) is 2.